The lowest BCUT2D eigenvalue weighted by atomic mass is 9.94. The van der Waals surface area contributed by atoms with E-state index >= 15 is 0 Å². The Hall–Kier alpha value is -2.06. The molecule has 0 aliphatic carbocycles. The summed E-state index contributed by atoms with van der Waals surface area (Å²) in [5, 5.41) is 22.8. The van der Waals surface area contributed by atoms with Gasteiger partial charge in [0.1, 0.15) is 11.4 Å². The topological polar surface area (TPSA) is 70.6 Å². The number of urea groups is 1. The van der Waals surface area contributed by atoms with Crippen LogP contribution in [0.2, 0.25) is 5.02 Å². The van der Waals surface area contributed by atoms with Crippen molar-refractivity contribution in [3.8, 4) is 5.75 Å². The summed E-state index contributed by atoms with van der Waals surface area (Å²) < 4.78 is 5.22. The number of halogens is 1. The Kier molecular flexibility index (Phi) is 5.83. The molecule has 26 heavy (non-hydrogen) atoms. The van der Waals surface area contributed by atoms with Crippen LogP contribution in [0.1, 0.15) is 10.4 Å². The average molecular weight is 409 g/mol. The first-order valence-corrected chi connectivity index (χ1v) is 9.90. The second-order valence-corrected chi connectivity index (χ2v) is 7.67. The van der Waals surface area contributed by atoms with Gasteiger partial charge in [-0.2, -0.15) is 11.3 Å². The molecule has 3 rings (SSSR count). The highest BCUT2D eigenvalue weighted by molar-refractivity contribution is 7.10. The minimum absolute atomic E-state index is 0.0267. The molecule has 0 spiro atoms. The van der Waals surface area contributed by atoms with Crippen LogP contribution in [0, 0.1) is 0 Å². The number of carbonyl (C=O) groups is 1. The molecule has 136 valence electrons. The highest BCUT2D eigenvalue weighted by atomic mass is 35.5. The second-order valence-electron chi connectivity index (χ2n) is 5.50. The van der Waals surface area contributed by atoms with Gasteiger partial charge in [-0.05, 0) is 46.5 Å². The van der Waals surface area contributed by atoms with Crippen molar-refractivity contribution in [1.29, 1.82) is 0 Å². The van der Waals surface area contributed by atoms with Crippen LogP contribution in [0.15, 0.2) is 52.5 Å². The average Bonchev–Trinajstić information content (AvgIpc) is 3.33. The van der Waals surface area contributed by atoms with Crippen LogP contribution in [0.3, 0.4) is 0 Å². The Labute approximate surface area is 164 Å². The third kappa shape index (κ3) is 4.02. The number of aliphatic hydroxyl groups is 1. The van der Waals surface area contributed by atoms with Crippen molar-refractivity contribution in [2.45, 2.75) is 5.60 Å². The van der Waals surface area contributed by atoms with Gasteiger partial charge in [0.25, 0.3) is 0 Å². The lowest BCUT2D eigenvalue weighted by Crippen LogP contribution is -2.42. The largest absolute Gasteiger partial charge is 0.495 e. The molecule has 2 heterocycles. The van der Waals surface area contributed by atoms with E-state index in [9.17, 15) is 9.90 Å². The molecule has 2 amide bonds. The standard InChI is InChI=1S/C18H17ClN2O3S2/c1-24-15-5-4-13(19)9-14(15)21-17(22)20-11-18(23,12-6-8-25-10-12)16-3-2-7-26-16/h2-10,23H,11H2,1H3,(H2,20,21,22). The molecule has 1 unspecified atom stereocenters. The van der Waals surface area contributed by atoms with Gasteiger partial charge in [0, 0.05) is 15.5 Å². The first kappa shape index (κ1) is 18.7. The van der Waals surface area contributed by atoms with E-state index in [0.29, 0.717) is 16.5 Å². The van der Waals surface area contributed by atoms with E-state index in [4.69, 9.17) is 16.3 Å². The number of hydrogen-bond donors (Lipinski definition) is 3. The van der Waals surface area contributed by atoms with E-state index in [-0.39, 0.29) is 6.54 Å². The van der Waals surface area contributed by atoms with E-state index in [0.717, 1.165) is 10.4 Å². The number of ether oxygens (including phenoxy) is 1. The van der Waals surface area contributed by atoms with Gasteiger partial charge < -0.3 is 20.5 Å². The predicted molar refractivity (Wildman–Crippen MR) is 107 cm³/mol. The summed E-state index contributed by atoms with van der Waals surface area (Å²) in [6, 6.07) is 10.1. The second kappa shape index (κ2) is 8.09. The number of hydrogen-bond acceptors (Lipinski definition) is 5. The highest BCUT2D eigenvalue weighted by Gasteiger charge is 2.33. The Morgan fingerprint density at radius 1 is 1.31 bits per heavy atom. The van der Waals surface area contributed by atoms with Gasteiger partial charge in [0.05, 0.1) is 19.3 Å². The number of carbonyl (C=O) groups excluding carboxylic acids is 1. The molecule has 1 aromatic carbocycles. The predicted octanol–water partition coefficient (Wildman–Crippen LogP) is 4.53. The van der Waals surface area contributed by atoms with Crippen molar-refractivity contribution in [3.63, 3.8) is 0 Å². The van der Waals surface area contributed by atoms with Crippen LogP contribution in [-0.2, 0) is 5.60 Å². The summed E-state index contributed by atoms with van der Waals surface area (Å²) in [5.41, 5.74) is -0.0949. The molecule has 1 atom stereocenters. The van der Waals surface area contributed by atoms with E-state index < -0.39 is 11.6 Å². The maximum atomic E-state index is 12.4. The smallest absolute Gasteiger partial charge is 0.319 e. The molecule has 0 saturated heterocycles. The fourth-order valence-corrected chi connectivity index (χ4v) is 4.24. The summed E-state index contributed by atoms with van der Waals surface area (Å²) in [6.07, 6.45) is 0. The van der Waals surface area contributed by atoms with Crippen molar-refractivity contribution >= 4 is 46.0 Å². The normalized spacial score (nSPS) is 13.0. The number of benzene rings is 1. The van der Waals surface area contributed by atoms with Gasteiger partial charge in [0.15, 0.2) is 0 Å². The molecular formula is C18H17ClN2O3S2. The molecule has 3 N–H and O–H groups in total. The molecule has 8 heteroatoms. The van der Waals surface area contributed by atoms with Crippen molar-refractivity contribution < 1.29 is 14.6 Å². The summed E-state index contributed by atoms with van der Waals surface area (Å²) in [6.45, 7) is 0.0267. The summed E-state index contributed by atoms with van der Waals surface area (Å²) in [4.78, 5) is 13.1. The maximum absolute atomic E-state index is 12.4. The van der Waals surface area contributed by atoms with Crippen LogP contribution in [0.25, 0.3) is 0 Å². The van der Waals surface area contributed by atoms with Crippen molar-refractivity contribution in [2.24, 2.45) is 0 Å². The van der Waals surface area contributed by atoms with Crippen LogP contribution in [0.5, 0.6) is 5.75 Å². The van der Waals surface area contributed by atoms with E-state index in [1.165, 1.54) is 29.8 Å². The minimum Gasteiger partial charge on any atom is -0.495 e. The Morgan fingerprint density at radius 3 is 2.81 bits per heavy atom. The maximum Gasteiger partial charge on any atom is 0.319 e. The zero-order valence-electron chi connectivity index (χ0n) is 13.9. The number of thiophene rings is 2. The molecule has 0 bridgehead atoms. The molecule has 2 aromatic heterocycles. The number of anilines is 1. The lowest BCUT2D eigenvalue weighted by molar-refractivity contribution is 0.0871. The van der Waals surface area contributed by atoms with Gasteiger partial charge in [0.2, 0.25) is 0 Å². The Bertz CT molecular complexity index is 832. The molecule has 3 aromatic rings. The van der Waals surface area contributed by atoms with Gasteiger partial charge in [-0.25, -0.2) is 4.79 Å². The monoisotopic (exact) mass is 408 g/mol. The molecule has 0 aliphatic rings. The first-order chi connectivity index (χ1) is 12.5. The summed E-state index contributed by atoms with van der Waals surface area (Å²) in [7, 11) is 1.51. The fourth-order valence-electron chi connectivity index (χ4n) is 2.50. The summed E-state index contributed by atoms with van der Waals surface area (Å²) in [5.74, 6) is 0.496. The third-order valence-electron chi connectivity index (χ3n) is 3.84. The quantitative estimate of drug-likeness (QED) is 0.561. The Morgan fingerprint density at radius 2 is 2.15 bits per heavy atom. The van der Waals surface area contributed by atoms with Gasteiger partial charge >= 0.3 is 6.03 Å². The van der Waals surface area contributed by atoms with Gasteiger partial charge in [-0.15, -0.1) is 11.3 Å². The Balaban J connectivity index is 1.74. The van der Waals surface area contributed by atoms with Crippen LogP contribution < -0.4 is 15.4 Å². The molecule has 0 saturated carbocycles. The lowest BCUT2D eigenvalue weighted by Gasteiger charge is -2.27. The first-order valence-electron chi connectivity index (χ1n) is 7.70. The van der Waals surface area contributed by atoms with E-state index in [1.54, 1.807) is 18.2 Å². The third-order valence-corrected chi connectivity index (χ3v) is 5.78. The van der Waals surface area contributed by atoms with E-state index in [1.807, 2.05) is 34.3 Å². The molecule has 0 fully saturated rings. The zero-order chi connectivity index (χ0) is 18.6. The van der Waals surface area contributed by atoms with Crippen LogP contribution in [-0.4, -0.2) is 24.8 Å². The van der Waals surface area contributed by atoms with Crippen molar-refractivity contribution in [1.82, 2.24) is 5.32 Å². The van der Waals surface area contributed by atoms with Crippen molar-refractivity contribution in [3.05, 3.63) is 68.0 Å². The molecular weight excluding hydrogens is 392 g/mol. The number of nitrogens with one attached hydrogen (secondary N) is 2. The number of amides is 2. The van der Waals surface area contributed by atoms with Gasteiger partial charge in [-0.1, -0.05) is 17.7 Å². The summed E-state index contributed by atoms with van der Waals surface area (Å²) >= 11 is 8.91. The highest BCUT2D eigenvalue weighted by Crippen LogP contribution is 2.33. The minimum atomic E-state index is -1.29. The fraction of sp³-hybridized carbons (Fsp3) is 0.167. The zero-order valence-corrected chi connectivity index (χ0v) is 16.3. The molecule has 0 aliphatic heterocycles. The van der Waals surface area contributed by atoms with Crippen molar-refractivity contribution in [2.75, 3.05) is 19.0 Å². The van der Waals surface area contributed by atoms with Crippen LogP contribution >= 0.6 is 34.3 Å². The van der Waals surface area contributed by atoms with E-state index in [2.05, 4.69) is 10.6 Å². The number of rotatable bonds is 6. The molecule has 5 nitrogen and oxygen atoms in total. The molecule has 0 radical (unpaired) electrons. The van der Waals surface area contributed by atoms with Crippen LogP contribution in [0.4, 0.5) is 10.5 Å². The van der Waals surface area contributed by atoms with Gasteiger partial charge in [-0.3, -0.25) is 0 Å². The number of methoxy groups -OCH3 is 1. The SMILES string of the molecule is COc1ccc(Cl)cc1NC(=O)NCC(O)(c1ccsc1)c1cccs1.